The molecule has 0 aliphatic carbocycles. The molecule has 0 fully saturated rings. The maximum Gasteiger partial charge on any atom is 0.267 e. The highest BCUT2D eigenvalue weighted by Crippen LogP contribution is 2.27. The molecule has 0 radical (unpaired) electrons. The van der Waals surface area contributed by atoms with E-state index in [1.807, 2.05) is 0 Å². The van der Waals surface area contributed by atoms with Crippen LogP contribution in [0, 0.1) is 0 Å². The van der Waals surface area contributed by atoms with Gasteiger partial charge in [-0.1, -0.05) is 17.7 Å². The maximum absolute atomic E-state index is 12.5. The number of aromatic nitrogens is 1. The van der Waals surface area contributed by atoms with Crippen molar-refractivity contribution in [3.63, 3.8) is 0 Å². The van der Waals surface area contributed by atoms with Crippen LogP contribution in [0.15, 0.2) is 47.5 Å². The van der Waals surface area contributed by atoms with Crippen LogP contribution in [0.25, 0.3) is 0 Å². The number of rotatable bonds is 3. The predicted molar refractivity (Wildman–Crippen MR) is 75.7 cm³/mol. The lowest BCUT2D eigenvalue weighted by Crippen LogP contribution is -2.28. The number of benzene rings is 1. The summed E-state index contributed by atoms with van der Waals surface area (Å²) < 4.78 is 26.0. The van der Waals surface area contributed by atoms with Gasteiger partial charge < -0.3 is 5.73 Å². The standard InChI is InChI=1S/C12H12ClN3O2S/c1-16(12-4-2-3-7-15-12)19(17,18)11-8-9(13)5-6-10(11)14/h2-8H,14H2,1H3. The molecule has 0 saturated heterocycles. The van der Waals surface area contributed by atoms with Crippen LogP contribution >= 0.6 is 11.6 Å². The number of nitrogen functional groups attached to an aromatic ring is 1. The molecule has 0 unspecified atom stereocenters. The zero-order chi connectivity index (χ0) is 14.0. The minimum absolute atomic E-state index is 0.0341. The monoisotopic (exact) mass is 297 g/mol. The van der Waals surface area contributed by atoms with Crippen molar-refractivity contribution in [1.82, 2.24) is 4.98 Å². The van der Waals surface area contributed by atoms with Gasteiger partial charge in [-0.25, -0.2) is 13.4 Å². The number of nitrogens with zero attached hydrogens (tertiary/aromatic N) is 2. The molecule has 2 rings (SSSR count). The molecule has 0 aliphatic heterocycles. The van der Waals surface area contributed by atoms with Gasteiger partial charge in [0.25, 0.3) is 10.0 Å². The Labute approximate surface area is 116 Å². The number of nitrogens with two attached hydrogens (primary N) is 1. The molecule has 0 bridgehead atoms. The molecule has 1 aromatic carbocycles. The Morgan fingerprint density at radius 3 is 2.63 bits per heavy atom. The minimum atomic E-state index is -3.78. The first kappa shape index (κ1) is 13.6. The molecule has 0 aliphatic rings. The minimum Gasteiger partial charge on any atom is -0.398 e. The summed E-state index contributed by atoms with van der Waals surface area (Å²) in [6.07, 6.45) is 1.52. The Balaban J connectivity index is 2.51. The van der Waals surface area contributed by atoms with Crippen LogP contribution in [-0.4, -0.2) is 20.4 Å². The van der Waals surface area contributed by atoms with Crippen LogP contribution in [0.1, 0.15) is 0 Å². The largest absolute Gasteiger partial charge is 0.398 e. The van der Waals surface area contributed by atoms with Crippen LogP contribution in [0.2, 0.25) is 5.02 Å². The second-order valence-electron chi connectivity index (χ2n) is 3.84. The average molecular weight is 298 g/mol. The van der Waals surface area contributed by atoms with Crippen molar-refractivity contribution in [2.24, 2.45) is 0 Å². The zero-order valence-electron chi connectivity index (χ0n) is 10.1. The van der Waals surface area contributed by atoms with Crippen LogP contribution in [0.5, 0.6) is 0 Å². The van der Waals surface area contributed by atoms with Crippen molar-refractivity contribution < 1.29 is 8.42 Å². The van der Waals surface area contributed by atoms with Gasteiger partial charge in [-0.15, -0.1) is 0 Å². The van der Waals surface area contributed by atoms with Gasteiger partial charge in [0, 0.05) is 18.3 Å². The molecule has 1 aromatic heterocycles. The predicted octanol–water partition coefficient (Wildman–Crippen LogP) is 2.14. The Bertz CT molecular complexity index is 689. The summed E-state index contributed by atoms with van der Waals surface area (Å²) >= 11 is 5.82. The van der Waals surface area contributed by atoms with Crippen molar-refractivity contribution >= 4 is 33.1 Å². The zero-order valence-corrected chi connectivity index (χ0v) is 11.7. The normalized spacial score (nSPS) is 11.3. The average Bonchev–Trinajstić information content (AvgIpc) is 2.41. The highest BCUT2D eigenvalue weighted by atomic mass is 35.5. The van der Waals surface area contributed by atoms with Gasteiger partial charge in [-0.3, -0.25) is 4.31 Å². The van der Waals surface area contributed by atoms with Gasteiger partial charge in [0.2, 0.25) is 0 Å². The van der Waals surface area contributed by atoms with E-state index < -0.39 is 10.0 Å². The van der Waals surface area contributed by atoms with Crippen LogP contribution in [0.4, 0.5) is 11.5 Å². The number of anilines is 2. The lowest BCUT2D eigenvalue weighted by molar-refractivity contribution is 0.594. The molecule has 100 valence electrons. The van der Waals surface area contributed by atoms with Crippen molar-refractivity contribution in [3.05, 3.63) is 47.6 Å². The van der Waals surface area contributed by atoms with E-state index in [4.69, 9.17) is 17.3 Å². The first-order valence-corrected chi connectivity index (χ1v) is 7.20. The summed E-state index contributed by atoms with van der Waals surface area (Å²) in [5.41, 5.74) is 5.85. The van der Waals surface area contributed by atoms with E-state index in [0.717, 1.165) is 4.31 Å². The fourth-order valence-corrected chi connectivity index (χ4v) is 3.07. The van der Waals surface area contributed by atoms with E-state index in [-0.39, 0.29) is 10.6 Å². The van der Waals surface area contributed by atoms with E-state index in [2.05, 4.69) is 4.98 Å². The van der Waals surface area contributed by atoms with Crippen molar-refractivity contribution in [2.75, 3.05) is 17.1 Å². The van der Waals surface area contributed by atoms with Gasteiger partial charge in [0.15, 0.2) is 0 Å². The molecule has 7 heteroatoms. The first-order chi connectivity index (χ1) is 8.93. The number of sulfonamides is 1. The van der Waals surface area contributed by atoms with E-state index in [9.17, 15) is 8.42 Å². The molecular formula is C12H12ClN3O2S. The number of hydrogen-bond acceptors (Lipinski definition) is 4. The Morgan fingerprint density at radius 1 is 1.26 bits per heavy atom. The summed E-state index contributed by atoms with van der Waals surface area (Å²) in [7, 11) is -2.37. The Kier molecular flexibility index (Phi) is 3.64. The quantitative estimate of drug-likeness (QED) is 0.881. The highest BCUT2D eigenvalue weighted by Gasteiger charge is 2.24. The van der Waals surface area contributed by atoms with Gasteiger partial charge in [-0.05, 0) is 30.3 Å². The molecule has 0 atom stereocenters. The molecule has 5 nitrogen and oxygen atoms in total. The fourth-order valence-electron chi connectivity index (χ4n) is 1.54. The maximum atomic E-state index is 12.5. The molecule has 0 spiro atoms. The van der Waals surface area contributed by atoms with Crippen molar-refractivity contribution in [1.29, 1.82) is 0 Å². The smallest absolute Gasteiger partial charge is 0.267 e. The number of halogens is 1. The first-order valence-electron chi connectivity index (χ1n) is 5.38. The lowest BCUT2D eigenvalue weighted by atomic mass is 10.3. The summed E-state index contributed by atoms with van der Waals surface area (Å²) in [6.45, 7) is 0. The second-order valence-corrected chi connectivity index (χ2v) is 6.22. The van der Waals surface area contributed by atoms with Crippen LogP contribution in [0.3, 0.4) is 0 Å². The topological polar surface area (TPSA) is 76.3 Å². The summed E-state index contributed by atoms with van der Waals surface area (Å²) in [5.74, 6) is 0.307. The molecule has 1 heterocycles. The fraction of sp³-hybridized carbons (Fsp3) is 0.0833. The summed E-state index contributed by atoms with van der Waals surface area (Å²) in [6, 6.07) is 9.33. The van der Waals surface area contributed by atoms with E-state index in [0.29, 0.717) is 10.8 Å². The van der Waals surface area contributed by atoms with Gasteiger partial charge >= 0.3 is 0 Å². The molecule has 2 N–H and O–H groups in total. The molecule has 0 saturated carbocycles. The van der Waals surface area contributed by atoms with E-state index in [1.54, 1.807) is 18.2 Å². The lowest BCUT2D eigenvalue weighted by Gasteiger charge is -2.19. The SMILES string of the molecule is CN(c1ccccn1)S(=O)(=O)c1cc(Cl)ccc1N. The third kappa shape index (κ3) is 2.64. The number of hydrogen-bond donors (Lipinski definition) is 1. The summed E-state index contributed by atoms with van der Waals surface area (Å²) in [4.78, 5) is 3.96. The van der Waals surface area contributed by atoms with Gasteiger partial charge in [0.1, 0.15) is 10.7 Å². The number of pyridine rings is 1. The van der Waals surface area contributed by atoms with Crippen LogP contribution in [-0.2, 0) is 10.0 Å². The van der Waals surface area contributed by atoms with Crippen molar-refractivity contribution in [2.45, 2.75) is 4.90 Å². The van der Waals surface area contributed by atoms with E-state index >= 15 is 0 Å². The second kappa shape index (κ2) is 5.07. The molecule has 0 amide bonds. The Morgan fingerprint density at radius 2 is 2.00 bits per heavy atom. The molecular weight excluding hydrogens is 286 g/mol. The molecule has 19 heavy (non-hydrogen) atoms. The van der Waals surface area contributed by atoms with Gasteiger partial charge in [-0.2, -0.15) is 0 Å². The Hall–Kier alpha value is -1.79. The third-order valence-electron chi connectivity index (χ3n) is 2.59. The van der Waals surface area contributed by atoms with Crippen molar-refractivity contribution in [3.8, 4) is 0 Å². The highest BCUT2D eigenvalue weighted by molar-refractivity contribution is 7.93. The molecule has 2 aromatic rings. The van der Waals surface area contributed by atoms with Gasteiger partial charge in [0.05, 0.1) is 5.69 Å². The van der Waals surface area contributed by atoms with E-state index in [1.165, 1.54) is 31.4 Å². The van der Waals surface area contributed by atoms with Crippen LogP contribution < -0.4 is 10.0 Å². The third-order valence-corrected chi connectivity index (χ3v) is 4.64. The summed E-state index contributed by atoms with van der Waals surface area (Å²) in [5, 5.41) is 0.308.